The summed E-state index contributed by atoms with van der Waals surface area (Å²) in [5.41, 5.74) is 2.53. The van der Waals surface area contributed by atoms with Crippen molar-refractivity contribution in [3.05, 3.63) is 67.4 Å². The smallest absolute Gasteiger partial charge is 0.227 e. The first-order chi connectivity index (χ1) is 17.5. The minimum atomic E-state index is -3.27. The van der Waals surface area contributed by atoms with E-state index >= 15 is 0 Å². The van der Waals surface area contributed by atoms with Crippen LogP contribution in [-0.4, -0.2) is 60.6 Å². The molecule has 6 rings (SSSR count). The highest BCUT2D eigenvalue weighted by Gasteiger charge is 2.53. The van der Waals surface area contributed by atoms with Crippen LogP contribution in [0, 0.1) is 11.3 Å². The molecule has 0 bridgehead atoms. The molecule has 1 aliphatic heterocycles. The van der Waals surface area contributed by atoms with Gasteiger partial charge in [0.25, 0.3) is 0 Å². The molecule has 1 saturated carbocycles. The molecular weight excluding hydrogens is 478 g/mol. The average Bonchev–Trinajstić information content (AvgIpc) is 3.37. The van der Waals surface area contributed by atoms with Gasteiger partial charge < -0.3 is 5.32 Å². The second kappa shape index (κ2) is 8.54. The Bertz CT molecular complexity index is 1530. The topological polar surface area (TPSA) is 135 Å². The molecule has 1 N–H and O–H groups in total. The van der Waals surface area contributed by atoms with E-state index in [2.05, 4.69) is 31.6 Å². The van der Waals surface area contributed by atoms with Crippen LogP contribution in [0.3, 0.4) is 0 Å². The van der Waals surface area contributed by atoms with E-state index in [-0.39, 0.29) is 24.8 Å². The summed E-state index contributed by atoms with van der Waals surface area (Å²) in [7, 11) is -3.27. The van der Waals surface area contributed by atoms with Crippen LogP contribution in [0.25, 0.3) is 16.9 Å². The number of benzene rings is 1. The number of rotatable bonds is 8. The minimum absolute atomic E-state index is 0.177. The van der Waals surface area contributed by atoms with E-state index in [0.29, 0.717) is 24.5 Å². The Labute approximate surface area is 208 Å². The standard InChI is InChI=1S/C24H23N9O2S/c25-10-9-24(16-31(17-24)36(34,35)21-6-7-21)33-15-18(14-28-33)22-8-12-26-23(30-22)29-19-2-4-20(5-3-19)32-13-1-11-27-32/h1-5,8,11-15,21H,6-7,9,16-17H2,(H,26,29,30). The summed E-state index contributed by atoms with van der Waals surface area (Å²) >= 11 is 0. The quantitative estimate of drug-likeness (QED) is 0.389. The Kier molecular flexibility index (Phi) is 5.31. The second-order valence-electron chi connectivity index (χ2n) is 9.13. The molecule has 4 heterocycles. The molecule has 0 atom stereocenters. The molecule has 1 aromatic carbocycles. The largest absolute Gasteiger partial charge is 0.324 e. The number of hydrogen-bond acceptors (Lipinski definition) is 8. The first-order valence-corrected chi connectivity index (χ1v) is 13.1. The molecule has 0 amide bonds. The Morgan fingerprint density at radius 1 is 1.11 bits per heavy atom. The van der Waals surface area contributed by atoms with Crippen molar-refractivity contribution in [1.82, 2.24) is 33.8 Å². The van der Waals surface area contributed by atoms with E-state index in [0.717, 1.165) is 16.9 Å². The van der Waals surface area contributed by atoms with Gasteiger partial charge in [-0.15, -0.1) is 0 Å². The van der Waals surface area contributed by atoms with Gasteiger partial charge in [0.1, 0.15) is 5.54 Å². The number of aromatic nitrogens is 6. The lowest BCUT2D eigenvalue weighted by atomic mass is 9.89. The van der Waals surface area contributed by atoms with Gasteiger partial charge in [-0.1, -0.05) is 0 Å². The molecule has 1 saturated heterocycles. The lowest BCUT2D eigenvalue weighted by Crippen LogP contribution is -2.64. The van der Waals surface area contributed by atoms with Crippen LogP contribution >= 0.6 is 0 Å². The van der Waals surface area contributed by atoms with Gasteiger partial charge in [0.2, 0.25) is 16.0 Å². The van der Waals surface area contributed by atoms with Gasteiger partial charge in [0.15, 0.2) is 0 Å². The predicted octanol–water partition coefficient (Wildman–Crippen LogP) is 2.69. The van der Waals surface area contributed by atoms with Gasteiger partial charge >= 0.3 is 0 Å². The van der Waals surface area contributed by atoms with E-state index in [1.807, 2.05) is 42.7 Å². The summed E-state index contributed by atoms with van der Waals surface area (Å²) in [5.74, 6) is 0.434. The zero-order chi connectivity index (χ0) is 24.8. The zero-order valence-corrected chi connectivity index (χ0v) is 20.1. The number of nitrogens with zero attached hydrogens (tertiary/aromatic N) is 8. The van der Waals surface area contributed by atoms with Gasteiger partial charge in [-0.3, -0.25) is 4.68 Å². The van der Waals surface area contributed by atoms with Crippen LogP contribution in [0.4, 0.5) is 11.6 Å². The fraction of sp³-hybridized carbons (Fsp3) is 0.292. The van der Waals surface area contributed by atoms with Gasteiger partial charge in [0.05, 0.1) is 35.3 Å². The van der Waals surface area contributed by atoms with Crippen LogP contribution in [0.1, 0.15) is 19.3 Å². The fourth-order valence-corrected chi connectivity index (χ4v) is 6.39. The first-order valence-electron chi connectivity index (χ1n) is 11.6. The van der Waals surface area contributed by atoms with Crippen LogP contribution in [-0.2, 0) is 15.6 Å². The number of sulfonamides is 1. The average molecular weight is 502 g/mol. The second-order valence-corrected chi connectivity index (χ2v) is 11.3. The molecule has 4 aromatic rings. The Balaban J connectivity index is 1.19. The van der Waals surface area contributed by atoms with Crippen molar-refractivity contribution in [3.8, 4) is 23.0 Å². The van der Waals surface area contributed by atoms with E-state index in [1.165, 1.54) is 4.31 Å². The molecule has 0 unspecified atom stereocenters. The highest BCUT2D eigenvalue weighted by Crippen LogP contribution is 2.40. The maximum absolute atomic E-state index is 12.6. The molecule has 11 nitrogen and oxygen atoms in total. The molecule has 0 spiro atoms. The third-order valence-electron chi connectivity index (χ3n) is 6.57. The number of nitrogens with one attached hydrogen (secondary N) is 1. The van der Waals surface area contributed by atoms with E-state index < -0.39 is 15.6 Å². The monoisotopic (exact) mass is 501 g/mol. The molecule has 1 aliphatic carbocycles. The summed E-state index contributed by atoms with van der Waals surface area (Å²) in [6, 6.07) is 13.6. The van der Waals surface area contributed by atoms with Gasteiger partial charge in [-0.2, -0.15) is 19.8 Å². The molecule has 0 radical (unpaired) electrons. The molecule has 182 valence electrons. The third kappa shape index (κ3) is 4.02. The lowest BCUT2D eigenvalue weighted by Gasteiger charge is -2.48. The van der Waals surface area contributed by atoms with Crippen molar-refractivity contribution in [2.45, 2.75) is 30.1 Å². The summed E-state index contributed by atoms with van der Waals surface area (Å²) in [5, 5.41) is 21.1. The number of hydrogen-bond donors (Lipinski definition) is 1. The minimum Gasteiger partial charge on any atom is -0.324 e. The van der Waals surface area contributed by atoms with Crippen molar-refractivity contribution in [2.24, 2.45) is 0 Å². The normalized spacial score (nSPS) is 17.3. The van der Waals surface area contributed by atoms with Crippen LogP contribution in [0.2, 0.25) is 0 Å². The Hall–Kier alpha value is -4.08. The third-order valence-corrected chi connectivity index (χ3v) is 8.86. The van der Waals surface area contributed by atoms with Gasteiger partial charge in [0, 0.05) is 49.1 Å². The van der Waals surface area contributed by atoms with E-state index in [9.17, 15) is 13.7 Å². The van der Waals surface area contributed by atoms with E-state index in [1.54, 1.807) is 34.0 Å². The highest BCUT2D eigenvalue weighted by molar-refractivity contribution is 7.90. The number of nitriles is 1. The zero-order valence-electron chi connectivity index (χ0n) is 19.3. The van der Waals surface area contributed by atoms with Gasteiger partial charge in [-0.05, 0) is 49.2 Å². The Morgan fingerprint density at radius 2 is 1.92 bits per heavy atom. The van der Waals surface area contributed by atoms with Crippen molar-refractivity contribution in [3.63, 3.8) is 0 Å². The summed E-state index contributed by atoms with van der Waals surface area (Å²) in [6.07, 6.45) is 10.4. The molecule has 36 heavy (non-hydrogen) atoms. The predicted molar refractivity (Wildman–Crippen MR) is 132 cm³/mol. The maximum Gasteiger partial charge on any atom is 0.227 e. The van der Waals surface area contributed by atoms with Crippen molar-refractivity contribution < 1.29 is 8.42 Å². The molecule has 12 heteroatoms. The van der Waals surface area contributed by atoms with Crippen LogP contribution < -0.4 is 5.32 Å². The summed E-state index contributed by atoms with van der Waals surface area (Å²) in [4.78, 5) is 8.94. The SMILES string of the molecule is N#CCC1(n2cc(-c3ccnc(Nc4ccc(-n5cccn5)cc4)n3)cn2)CN(S(=O)(=O)C2CC2)C1. The highest BCUT2D eigenvalue weighted by atomic mass is 32.2. The van der Waals surface area contributed by atoms with Crippen LogP contribution in [0.15, 0.2) is 67.4 Å². The molecule has 2 aliphatic rings. The lowest BCUT2D eigenvalue weighted by molar-refractivity contribution is 0.0716. The maximum atomic E-state index is 12.6. The van der Waals surface area contributed by atoms with Crippen molar-refractivity contribution in [1.29, 1.82) is 5.26 Å². The first kappa shape index (κ1) is 22.4. The van der Waals surface area contributed by atoms with Crippen LogP contribution in [0.5, 0.6) is 0 Å². The number of anilines is 2. The molecule has 2 fully saturated rings. The fourth-order valence-electron chi connectivity index (χ4n) is 4.39. The van der Waals surface area contributed by atoms with Crippen molar-refractivity contribution >= 4 is 21.7 Å². The Morgan fingerprint density at radius 3 is 2.61 bits per heavy atom. The summed E-state index contributed by atoms with van der Waals surface area (Å²) < 4.78 is 30.1. The molecule has 3 aromatic heterocycles. The molecular formula is C24H23N9O2S. The van der Waals surface area contributed by atoms with E-state index in [4.69, 9.17) is 0 Å². The van der Waals surface area contributed by atoms with Gasteiger partial charge in [-0.25, -0.2) is 23.1 Å². The summed E-state index contributed by atoms with van der Waals surface area (Å²) in [6.45, 7) is 0.511. The van der Waals surface area contributed by atoms with Crippen molar-refractivity contribution in [2.75, 3.05) is 18.4 Å².